The number of hydrogen-bond donors (Lipinski definition) is 3. The standard InChI is InChI=1S/C36H70O.Na.H3O4P.H/c1-3-5-7-9-11-13-15-17-19-21-23-25-27-29-31-33-35-37-36-34-32-30-28-26-24-22-20-18-16-14-12-10-8-6-4-2;;1-5(2,3)4;/h17-20H,3-16,21-36H2,1-2H3;;(H3,1,2,3,4);/b19-17-,20-18-;;;. The van der Waals surface area contributed by atoms with Crippen LogP contribution in [0, 0.1) is 0 Å². The van der Waals surface area contributed by atoms with E-state index < -0.39 is 7.82 Å². The Morgan fingerprint density at radius 2 is 0.628 bits per heavy atom. The molecule has 0 rings (SSSR count). The molecule has 0 unspecified atom stereocenters. The van der Waals surface area contributed by atoms with Crippen LogP contribution in [-0.4, -0.2) is 57.5 Å². The molecule has 0 saturated heterocycles. The van der Waals surface area contributed by atoms with Crippen molar-refractivity contribution < 1.29 is 24.0 Å². The van der Waals surface area contributed by atoms with E-state index in [-0.39, 0.29) is 29.6 Å². The Bertz CT molecular complexity index is 546. The molecule has 0 aliphatic rings. The Morgan fingerprint density at radius 1 is 0.419 bits per heavy atom. The molecule has 0 aromatic heterocycles. The predicted molar refractivity (Wildman–Crippen MR) is 191 cm³/mol. The molecule has 0 aliphatic heterocycles. The number of hydrogen-bond acceptors (Lipinski definition) is 2. The average Bonchev–Trinajstić information content (AvgIpc) is 2.94. The Hall–Kier alpha value is 0.550. The van der Waals surface area contributed by atoms with Crippen LogP contribution < -0.4 is 0 Å². The number of rotatable bonds is 32. The molecule has 3 N–H and O–H groups in total. The van der Waals surface area contributed by atoms with E-state index in [9.17, 15) is 0 Å². The normalized spacial score (nSPS) is 11.7. The zero-order chi connectivity index (χ0) is 31.2. The molecule has 0 fully saturated rings. The summed E-state index contributed by atoms with van der Waals surface area (Å²) in [5.74, 6) is 0. The summed E-state index contributed by atoms with van der Waals surface area (Å²) >= 11 is 0. The van der Waals surface area contributed by atoms with Crippen LogP contribution in [0.5, 0.6) is 0 Å². The fourth-order valence-electron chi connectivity index (χ4n) is 5.01. The minimum absolute atomic E-state index is 0. The Balaban J connectivity index is -0.00000244. The van der Waals surface area contributed by atoms with E-state index in [1.165, 1.54) is 180 Å². The van der Waals surface area contributed by atoms with Crippen molar-refractivity contribution in [2.45, 2.75) is 194 Å². The molecule has 0 radical (unpaired) electrons. The second kappa shape index (κ2) is 42.6. The molecule has 0 saturated carbocycles. The van der Waals surface area contributed by atoms with Gasteiger partial charge in [0.25, 0.3) is 0 Å². The number of phosphoric acid groups is 1. The van der Waals surface area contributed by atoms with E-state index in [0.717, 1.165) is 13.2 Å². The number of allylic oxidation sites excluding steroid dienone is 4. The van der Waals surface area contributed by atoms with E-state index in [0.29, 0.717) is 0 Å². The second-order valence-electron chi connectivity index (χ2n) is 12.0. The molecular weight excluding hydrogens is 566 g/mol. The Kier molecular flexibility index (Phi) is 47.5. The molecule has 0 aromatic rings. The molecule has 0 aliphatic carbocycles. The van der Waals surface area contributed by atoms with Gasteiger partial charge < -0.3 is 19.4 Å². The van der Waals surface area contributed by atoms with Gasteiger partial charge in [-0.25, -0.2) is 4.57 Å². The maximum absolute atomic E-state index is 8.88. The van der Waals surface area contributed by atoms with Crippen molar-refractivity contribution in [1.82, 2.24) is 0 Å². The van der Waals surface area contributed by atoms with Gasteiger partial charge in [-0.3, -0.25) is 0 Å². The quantitative estimate of drug-likeness (QED) is 0.0295. The predicted octanol–water partition coefficient (Wildman–Crippen LogP) is 11.5. The fourth-order valence-corrected chi connectivity index (χ4v) is 5.01. The van der Waals surface area contributed by atoms with Crippen LogP contribution in [0.1, 0.15) is 194 Å². The average molecular weight is 641 g/mol. The molecule has 5 nitrogen and oxygen atoms in total. The molecule has 0 atom stereocenters. The summed E-state index contributed by atoms with van der Waals surface area (Å²) in [5, 5.41) is 0. The van der Waals surface area contributed by atoms with Gasteiger partial charge in [-0.2, -0.15) is 0 Å². The van der Waals surface area contributed by atoms with Crippen molar-refractivity contribution >= 4 is 37.4 Å². The summed E-state index contributed by atoms with van der Waals surface area (Å²) < 4.78 is 14.7. The molecule has 7 heteroatoms. The summed E-state index contributed by atoms with van der Waals surface area (Å²) in [4.78, 5) is 21.6. The summed E-state index contributed by atoms with van der Waals surface area (Å²) in [6.45, 7) is 6.54. The number of unbranched alkanes of at least 4 members (excludes halogenated alkanes) is 24. The first-order chi connectivity index (χ1) is 20.4. The first-order valence-corrected chi connectivity index (χ1v) is 19.6. The molecule has 0 aromatic carbocycles. The van der Waals surface area contributed by atoms with Crippen LogP contribution in [0.4, 0.5) is 0 Å². The van der Waals surface area contributed by atoms with Gasteiger partial charge in [0.1, 0.15) is 0 Å². The van der Waals surface area contributed by atoms with Crippen LogP contribution in [0.3, 0.4) is 0 Å². The van der Waals surface area contributed by atoms with E-state index in [4.69, 9.17) is 24.0 Å². The van der Waals surface area contributed by atoms with Gasteiger partial charge in [-0.1, -0.05) is 154 Å². The maximum atomic E-state index is 8.88. The van der Waals surface area contributed by atoms with E-state index in [2.05, 4.69) is 38.2 Å². The van der Waals surface area contributed by atoms with Crippen LogP contribution in [0.25, 0.3) is 0 Å². The first kappa shape index (κ1) is 48.0. The zero-order valence-electron chi connectivity index (χ0n) is 28.1. The van der Waals surface area contributed by atoms with Gasteiger partial charge >= 0.3 is 37.4 Å². The van der Waals surface area contributed by atoms with Crippen LogP contribution >= 0.6 is 7.82 Å². The van der Waals surface area contributed by atoms with E-state index in [1.807, 2.05) is 0 Å². The third-order valence-corrected chi connectivity index (χ3v) is 7.60. The van der Waals surface area contributed by atoms with E-state index >= 15 is 0 Å². The van der Waals surface area contributed by atoms with Crippen molar-refractivity contribution in [3.05, 3.63) is 24.3 Å². The summed E-state index contributed by atoms with van der Waals surface area (Å²) in [6, 6.07) is 0. The van der Waals surface area contributed by atoms with Gasteiger partial charge in [-0.15, -0.1) is 0 Å². The molecule has 254 valence electrons. The van der Waals surface area contributed by atoms with Crippen molar-refractivity contribution in [3.8, 4) is 0 Å². The number of ether oxygens (including phenoxy) is 1. The summed E-state index contributed by atoms with van der Waals surface area (Å²) in [7, 11) is -4.64. The van der Waals surface area contributed by atoms with Crippen molar-refractivity contribution in [2.75, 3.05) is 13.2 Å². The summed E-state index contributed by atoms with van der Waals surface area (Å²) in [5.41, 5.74) is 0. The van der Waals surface area contributed by atoms with Gasteiger partial charge in [0.15, 0.2) is 0 Å². The third-order valence-electron chi connectivity index (χ3n) is 7.60. The Morgan fingerprint density at radius 3 is 0.884 bits per heavy atom. The van der Waals surface area contributed by atoms with Crippen LogP contribution in [0.15, 0.2) is 24.3 Å². The molecule has 0 amide bonds. The molecule has 0 heterocycles. The van der Waals surface area contributed by atoms with Gasteiger partial charge in [0.2, 0.25) is 0 Å². The topological polar surface area (TPSA) is 87.0 Å². The van der Waals surface area contributed by atoms with Crippen molar-refractivity contribution in [3.63, 3.8) is 0 Å². The molecule has 0 spiro atoms. The third kappa shape index (κ3) is 58.6. The monoisotopic (exact) mass is 641 g/mol. The Labute approximate surface area is 291 Å². The SMILES string of the molecule is CCCCCCCC/C=C\CCCCCCCCOCCCCCCCC/C=C\CCCCCCCC.O=P(O)(O)O.[NaH]. The van der Waals surface area contributed by atoms with Crippen molar-refractivity contribution in [1.29, 1.82) is 0 Å². The first-order valence-electron chi connectivity index (χ1n) is 18.1. The van der Waals surface area contributed by atoms with Crippen LogP contribution in [0.2, 0.25) is 0 Å². The summed E-state index contributed by atoms with van der Waals surface area (Å²) in [6.07, 6.45) is 48.1. The van der Waals surface area contributed by atoms with Gasteiger partial charge in [0, 0.05) is 13.2 Å². The molecule has 0 bridgehead atoms. The zero-order valence-corrected chi connectivity index (χ0v) is 29.0. The van der Waals surface area contributed by atoms with Crippen molar-refractivity contribution in [2.24, 2.45) is 0 Å². The van der Waals surface area contributed by atoms with Gasteiger partial charge in [0.05, 0.1) is 0 Å². The fraction of sp³-hybridized carbons (Fsp3) is 0.889. The molecule has 43 heavy (non-hydrogen) atoms. The minimum atomic E-state index is -4.64. The van der Waals surface area contributed by atoms with E-state index in [1.54, 1.807) is 0 Å². The second-order valence-corrected chi connectivity index (χ2v) is 13.0. The molecular formula is C36H74NaO5P. The van der Waals surface area contributed by atoms with Gasteiger partial charge in [-0.05, 0) is 64.2 Å². The van der Waals surface area contributed by atoms with Crippen LogP contribution in [-0.2, 0) is 9.30 Å².